The molecule has 1 aliphatic heterocycles. The van der Waals surface area contributed by atoms with Crippen LogP contribution in [-0.2, 0) is 0 Å². The van der Waals surface area contributed by atoms with Crippen molar-refractivity contribution < 1.29 is 4.74 Å². The van der Waals surface area contributed by atoms with Crippen molar-refractivity contribution in [1.82, 2.24) is 0 Å². The molecule has 1 atom stereocenters. The lowest BCUT2D eigenvalue weighted by molar-refractivity contribution is 0.416. The third-order valence-electron chi connectivity index (χ3n) is 2.23. The summed E-state index contributed by atoms with van der Waals surface area (Å²) in [6.45, 7) is 3.09. The maximum atomic E-state index is 5.25. The van der Waals surface area contributed by atoms with E-state index < -0.39 is 0 Å². The summed E-state index contributed by atoms with van der Waals surface area (Å²) >= 11 is 0. The summed E-state index contributed by atoms with van der Waals surface area (Å²) in [6.07, 6.45) is 0. The number of benzene rings is 1. The van der Waals surface area contributed by atoms with Crippen molar-refractivity contribution in [3.63, 3.8) is 0 Å². The average molecular weight is 178 g/mol. The maximum absolute atomic E-state index is 5.25. The predicted molar refractivity (Wildman–Crippen MR) is 54.6 cm³/mol. The van der Waals surface area contributed by atoms with Gasteiger partial charge in [0.2, 0.25) is 0 Å². The van der Waals surface area contributed by atoms with Gasteiger partial charge in [0.1, 0.15) is 11.4 Å². The number of nitrogens with one attached hydrogen (secondary N) is 2. The van der Waals surface area contributed by atoms with E-state index in [1.54, 1.807) is 7.11 Å². The quantitative estimate of drug-likeness (QED) is 0.689. The fourth-order valence-corrected chi connectivity index (χ4v) is 1.58. The first-order chi connectivity index (χ1) is 6.31. The Morgan fingerprint density at radius 2 is 2.31 bits per heavy atom. The van der Waals surface area contributed by atoms with E-state index in [0.29, 0.717) is 6.04 Å². The minimum Gasteiger partial charge on any atom is -0.495 e. The zero-order valence-electron chi connectivity index (χ0n) is 7.92. The first-order valence-corrected chi connectivity index (χ1v) is 4.48. The number of hydrogen-bond donors (Lipinski definition) is 2. The van der Waals surface area contributed by atoms with Crippen LogP contribution in [0.3, 0.4) is 0 Å². The summed E-state index contributed by atoms with van der Waals surface area (Å²) in [6, 6.07) is 6.48. The molecule has 13 heavy (non-hydrogen) atoms. The Morgan fingerprint density at radius 3 is 3.08 bits per heavy atom. The van der Waals surface area contributed by atoms with Gasteiger partial charge in [-0.25, -0.2) is 0 Å². The first-order valence-electron chi connectivity index (χ1n) is 4.48. The summed E-state index contributed by atoms with van der Waals surface area (Å²) in [7, 11) is 1.69. The van der Waals surface area contributed by atoms with Crippen LogP contribution in [0.2, 0.25) is 0 Å². The number of rotatable bonds is 1. The van der Waals surface area contributed by atoms with Crippen LogP contribution in [-0.4, -0.2) is 19.7 Å². The molecule has 2 rings (SSSR count). The topological polar surface area (TPSA) is 33.3 Å². The van der Waals surface area contributed by atoms with E-state index in [-0.39, 0.29) is 0 Å². The van der Waals surface area contributed by atoms with Gasteiger partial charge >= 0.3 is 0 Å². The Kier molecular flexibility index (Phi) is 2.00. The molecule has 70 valence electrons. The van der Waals surface area contributed by atoms with Crippen molar-refractivity contribution in [1.29, 1.82) is 0 Å². The SMILES string of the molecule is COc1cccc2c1NCC(C)N2. The minimum absolute atomic E-state index is 0.472. The van der Waals surface area contributed by atoms with E-state index in [9.17, 15) is 0 Å². The summed E-state index contributed by atoms with van der Waals surface area (Å²) in [5, 5.41) is 6.74. The third-order valence-corrected chi connectivity index (χ3v) is 2.23. The summed E-state index contributed by atoms with van der Waals surface area (Å²) < 4.78 is 5.25. The number of methoxy groups -OCH3 is 1. The second-order valence-corrected chi connectivity index (χ2v) is 3.31. The highest BCUT2D eigenvalue weighted by Crippen LogP contribution is 2.34. The van der Waals surface area contributed by atoms with E-state index in [4.69, 9.17) is 4.74 Å². The molecule has 0 saturated heterocycles. The molecule has 0 amide bonds. The first kappa shape index (κ1) is 8.23. The Bertz CT molecular complexity index is 312. The number of para-hydroxylation sites is 1. The van der Waals surface area contributed by atoms with Crippen molar-refractivity contribution in [2.24, 2.45) is 0 Å². The fraction of sp³-hybridized carbons (Fsp3) is 0.400. The largest absolute Gasteiger partial charge is 0.495 e. The molecular weight excluding hydrogens is 164 g/mol. The molecule has 3 heteroatoms. The van der Waals surface area contributed by atoms with Crippen LogP contribution in [0, 0.1) is 0 Å². The summed E-state index contributed by atoms with van der Waals surface area (Å²) in [5.41, 5.74) is 2.20. The van der Waals surface area contributed by atoms with Gasteiger partial charge in [0.05, 0.1) is 12.8 Å². The van der Waals surface area contributed by atoms with Crippen LogP contribution in [0.25, 0.3) is 0 Å². The van der Waals surface area contributed by atoms with Crippen molar-refractivity contribution in [2.45, 2.75) is 13.0 Å². The summed E-state index contributed by atoms with van der Waals surface area (Å²) in [5.74, 6) is 0.900. The molecule has 0 aromatic heterocycles. The van der Waals surface area contributed by atoms with E-state index in [0.717, 1.165) is 23.7 Å². The standard InChI is InChI=1S/C10H14N2O/c1-7-6-11-10-8(12-7)4-3-5-9(10)13-2/h3-5,7,11-12H,6H2,1-2H3. The lowest BCUT2D eigenvalue weighted by atomic mass is 10.1. The molecule has 1 aromatic rings. The Morgan fingerprint density at radius 1 is 1.46 bits per heavy atom. The average Bonchev–Trinajstić information content (AvgIpc) is 2.16. The maximum Gasteiger partial charge on any atom is 0.144 e. The third kappa shape index (κ3) is 1.41. The predicted octanol–water partition coefficient (Wildman–Crippen LogP) is 1.92. The van der Waals surface area contributed by atoms with E-state index >= 15 is 0 Å². The van der Waals surface area contributed by atoms with Gasteiger partial charge in [-0.2, -0.15) is 0 Å². The molecule has 0 aliphatic carbocycles. The van der Waals surface area contributed by atoms with Gasteiger partial charge in [-0.1, -0.05) is 6.07 Å². The molecular formula is C10H14N2O. The number of anilines is 2. The van der Waals surface area contributed by atoms with Crippen LogP contribution >= 0.6 is 0 Å². The molecule has 0 bridgehead atoms. The molecule has 2 N–H and O–H groups in total. The highest BCUT2D eigenvalue weighted by molar-refractivity contribution is 5.77. The molecule has 1 heterocycles. The van der Waals surface area contributed by atoms with Crippen LogP contribution in [0.4, 0.5) is 11.4 Å². The van der Waals surface area contributed by atoms with E-state index in [1.165, 1.54) is 0 Å². The lowest BCUT2D eigenvalue weighted by Crippen LogP contribution is -2.30. The highest BCUT2D eigenvalue weighted by Gasteiger charge is 2.15. The number of ether oxygens (including phenoxy) is 1. The van der Waals surface area contributed by atoms with Gasteiger partial charge < -0.3 is 15.4 Å². The van der Waals surface area contributed by atoms with Crippen molar-refractivity contribution in [3.05, 3.63) is 18.2 Å². The van der Waals surface area contributed by atoms with Gasteiger partial charge in [-0.3, -0.25) is 0 Å². The van der Waals surface area contributed by atoms with Gasteiger partial charge in [0.25, 0.3) is 0 Å². The van der Waals surface area contributed by atoms with Crippen LogP contribution in [0.5, 0.6) is 5.75 Å². The molecule has 0 saturated carbocycles. The molecule has 1 aromatic carbocycles. The van der Waals surface area contributed by atoms with Crippen molar-refractivity contribution in [2.75, 3.05) is 24.3 Å². The van der Waals surface area contributed by atoms with Crippen LogP contribution < -0.4 is 15.4 Å². The Labute approximate surface area is 78.1 Å². The zero-order chi connectivity index (χ0) is 9.26. The molecule has 1 aliphatic rings. The molecule has 0 spiro atoms. The normalized spacial score (nSPS) is 19.7. The molecule has 1 unspecified atom stereocenters. The summed E-state index contributed by atoms with van der Waals surface area (Å²) in [4.78, 5) is 0. The Balaban J connectivity index is 2.39. The minimum atomic E-state index is 0.472. The molecule has 0 fully saturated rings. The van der Waals surface area contributed by atoms with E-state index in [2.05, 4.69) is 23.6 Å². The van der Waals surface area contributed by atoms with Crippen LogP contribution in [0.1, 0.15) is 6.92 Å². The van der Waals surface area contributed by atoms with Crippen LogP contribution in [0.15, 0.2) is 18.2 Å². The van der Waals surface area contributed by atoms with E-state index in [1.807, 2.05) is 12.1 Å². The fourth-order valence-electron chi connectivity index (χ4n) is 1.58. The van der Waals surface area contributed by atoms with Gasteiger partial charge in [0, 0.05) is 12.6 Å². The van der Waals surface area contributed by atoms with Gasteiger partial charge in [-0.05, 0) is 19.1 Å². The van der Waals surface area contributed by atoms with Gasteiger partial charge in [0.15, 0.2) is 0 Å². The second kappa shape index (κ2) is 3.17. The monoisotopic (exact) mass is 178 g/mol. The van der Waals surface area contributed by atoms with Crippen molar-refractivity contribution >= 4 is 11.4 Å². The second-order valence-electron chi connectivity index (χ2n) is 3.31. The smallest absolute Gasteiger partial charge is 0.144 e. The zero-order valence-corrected chi connectivity index (χ0v) is 7.92. The number of fused-ring (bicyclic) bond motifs is 1. The van der Waals surface area contributed by atoms with Gasteiger partial charge in [-0.15, -0.1) is 0 Å². The molecule has 0 radical (unpaired) electrons. The van der Waals surface area contributed by atoms with Crippen molar-refractivity contribution in [3.8, 4) is 5.75 Å². The Hall–Kier alpha value is -1.38. The highest BCUT2D eigenvalue weighted by atomic mass is 16.5. The molecule has 3 nitrogen and oxygen atoms in total. The lowest BCUT2D eigenvalue weighted by Gasteiger charge is -2.26. The number of hydrogen-bond acceptors (Lipinski definition) is 3.